The van der Waals surface area contributed by atoms with Crippen LogP contribution in [0, 0.1) is 0 Å². The minimum Gasteiger partial charge on any atom is -0.494 e. The molecular weight excluding hydrogens is 384 g/mol. The molecular formula is C19H22N2O6S. The number of nitrogens with one attached hydrogen (secondary N) is 1. The van der Waals surface area contributed by atoms with Crippen LogP contribution < -0.4 is 23.8 Å². The summed E-state index contributed by atoms with van der Waals surface area (Å²) in [7, 11) is -3.63. The molecule has 9 heteroatoms. The lowest BCUT2D eigenvalue weighted by atomic mass is 10.2. The van der Waals surface area contributed by atoms with Crippen molar-refractivity contribution >= 4 is 21.6 Å². The molecule has 2 aromatic rings. The molecule has 1 N–H and O–H groups in total. The number of anilines is 1. The molecule has 0 atom stereocenters. The van der Waals surface area contributed by atoms with Gasteiger partial charge in [-0.05, 0) is 48.9 Å². The fourth-order valence-corrected chi connectivity index (χ4v) is 3.57. The van der Waals surface area contributed by atoms with E-state index in [1.807, 2.05) is 13.0 Å². The Morgan fingerprint density at radius 3 is 2.54 bits per heavy atom. The highest BCUT2D eigenvalue weighted by atomic mass is 32.2. The highest BCUT2D eigenvalue weighted by Crippen LogP contribution is 2.32. The van der Waals surface area contributed by atoms with Crippen LogP contribution in [0.3, 0.4) is 0 Å². The van der Waals surface area contributed by atoms with Gasteiger partial charge in [0.2, 0.25) is 22.7 Å². The van der Waals surface area contributed by atoms with Gasteiger partial charge < -0.3 is 19.5 Å². The first-order valence-electron chi connectivity index (χ1n) is 8.72. The second kappa shape index (κ2) is 8.39. The van der Waals surface area contributed by atoms with Gasteiger partial charge >= 0.3 is 0 Å². The fraction of sp³-hybridized carbons (Fsp3) is 0.316. The topological polar surface area (TPSA) is 94.2 Å². The Labute approximate surface area is 164 Å². The molecule has 28 heavy (non-hydrogen) atoms. The molecule has 0 unspecified atom stereocenters. The maximum atomic E-state index is 12.4. The van der Waals surface area contributed by atoms with Crippen LogP contribution >= 0.6 is 0 Å². The molecule has 0 saturated heterocycles. The van der Waals surface area contributed by atoms with Crippen molar-refractivity contribution in [3.8, 4) is 17.2 Å². The van der Waals surface area contributed by atoms with Crippen LogP contribution in [0.25, 0.3) is 0 Å². The Morgan fingerprint density at radius 1 is 1.14 bits per heavy atom. The lowest BCUT2D eigenvalue weighted by molar-refractivity contribution is -0.119. The zero-order valence-corrected chi connectivity index (χ0v) is 16.5. The summed E-state index contributed by atoms with van der Waals surface area (Å²) in [4.78, 5) is 12.4. The first kappa shape index (κ1) is 19.8. The number of amides is 1. The molecule has 0 aromatic heterocycles. The average Bonchev–Trinajstić information content (AvgIpc) is 3.12. The van der Waals surface area contributed by atoms with Gasteiger partial charge in [0.25, 0.3) is 0 Å². The standard InChI is InChI=1S/C19H22N2O6S/c1-3-25-16-7-5-15(6-8-16)21(28(2,23)24)12-19(22)20-11-14-4-9-17-18(10-14)27-13-26-17/h4-10H,3,11-13H2,1-2H3,(H,20,22). The van der Waals surface area contributed by atoms with E-state index in [0.717, 1.165) is 16.1 Å². The van der Waals surface area contributed by atoms with Gasteiger partial charge in [-0.1, -0.05) is 6.07 Å². The summed E-state index contributed by atoms with van der Waals surface area (Å²) in [5, 5.41) is 2.73. The van der Waals surface area contributed by atoms with Gasteiger partial charge in [0.1, 0.15) is 12.3 Å². The van der Waals surface area contributed by atoms with Crippen LogP contribution in [-0.2, 0) is 21.4 Å². The van der Waals surface area contributed by atoms with Gasteiger partial charge in [0.05, 0.1) is 18.6 Å². The van der Waals surface area contributed by atoms with Crippen molar-refractivity contribution in [3.05, 3.63) is 48.0 Å². The molecule has 0 bridgehead atoms. The number of benzene rings is 2. The van der Waals surface area contributed by atoms with Gasteiger partial charge in [-0.15, -0.1) is 0 Å². The van der Waals surface area contributed by atoms with Gasteiger partial charge in [-0.2, -0.15) is 0 Å². The van der Waals surface area contributed by atoms with Gasteiger partial charge in [0, 0.05) is 6.54 Å². The largest absolute Gasteiger partial charge is 0.494 e. The quantitative estimate of drug-likeness (QED) is 0.720. The van der Waals surface area contributed by atoms with Crippen molar-refractivity contribution in [2.24, 2.45) is 0 Å². The van der Waals surface area contributed by atoms with Crippen molar-refractivity contribution in [1.82, 2.24) is 5.32 Å². The van der Waals surface area contributed by atoms with E-state index in [-0.39, 0.29) is 19.9 Å². The minimum atomic E-state index is -3.63. The van der Waals surface area contributed by atoms with Crippen LogP contribution in [-0.4, -0.2) is 40.5 Å². The van der Waals surface area contributed by atoms with E-state index in [9.17, 15) is 13.2 Å². The number of rotatable bonds is 8. The summed E-state index contributed by atoms with van der Waals surface area (Å²) >= 11 is 0. The Morgan fingerprint density at radius 2 is 1.86 bits per heavy atom. The van der Waals surface area contributed by atoms with Crippen molar-refractivity contribution in [2.75, 3.05) is 30.5 Å². The monoisotopic (exact) mass is 406 g/mol. The molecule has 0 fully saturated rings. The van der Waals surface area contributed by atoms with Crippen LogP contribution in [0.2, 0.25) is 0 Å². The third kappa shape index (κ3) is 4.86. The SMILES string of the molecule is CCOc1ccc(N(CC(=O)NCc2ccc3c(c2)OCO3)S(C)(=O)=O)cc1. The molecule has 0 aliphatic carbocycles. The molecule has 8 nitrogen and oxygen atoms in total. The second-order valence-electron chi connectivity index (χ2n) is 6.16. The summed E-state index contributed by atoms with van der Waals surface area (Å²) in [5.41, 5.74) is 1.22. The van der Waals surface area contributed by atoms with Crippen molar-refractivity contribution in [3.63, 3.8) is 0 Å². The number of ether oxygens (including phenoxy) is 3. The summed E-state index contributed by atoms with van der Waals surface area (Å²) in [6.45, 7) is 2.48. The van der Waals surface area contributed by atoms with Crippen LogP contribution in [0.4, 0.5) is 5.69 Å². The number of hydrogen-bond acceptors (Lipinski definition) is 6. The summed E-state index contributed by atoms with van der Waals surface area (Å²) in [5.74, 6) is 1.50. The fourth-order valence-electron chi connectivity index (χ4n) is 2.71. The smallest absolute Gasteiger partial charge is 0.241 e. The zero-order chi connectivity index (χ0) is 20.1. The van der Waals surface area contributed by atoms with Gasteiger partial charge in [-0.3, -0.25) is 9.10 Å². The van der Waals surface area contributed by atoms with Crippen molar-refractivity contribution in [1.29, 1.82) is 0 Å². The van der Waals surface area contributed by atoms with Crippen LogP contribution in [0.1, 0.15) is 12.5 Å². The zero-order valence-electron chi connectivity index (χ0n) is 15.7. The highest BCUT2D eigenvalue weighted by Gasteiger charge is 2.21. The minimum absolute atomic E-state index is 0.177. The lowest BCUT2D eigenvalue weighted by Gasteiger charge is -2.22. The number of carbonyl (C=O) groups is 1. The molecule has 1 aliphatic rings. The lowest BCUT2D eigenvalue weighted by Crippen LogP contribution is -2.40. The van der Waals surface area contributed by atoms with E-state index in [2.05, 4.69) is 5.32 Å². The van der Waals surface area contributed by atoms with E-state index >= 15 is 0 Å². The summed E-state index contributed by atoms with van der Waals surface area (Å²) in [6.07, 6.45) is 1.06. The Balaban J connectivity index is 1.64. The maximum absolute atomic E-state index is 12.4. The third-order valence-corrected chi connectivity index (χ3v) is 5.19. The Hall–Kier alpha value is -2.94. The summed E-state index contributed by atoms with van der Waals surface area (Å²) < 4.78 is 41.3. The van der Waals surface area contributed by atoms with E-state index in [1.165, 1.54) is 0 Å². The average molecular weight is 406 g/mol. The van der Waals surface area contributed by atoms with Crippen LogP contribution in [0.15, 0.2) is 42.5 Å². The molecule has 1 amide bonds. The van der Waals surface area contributed by atoms with E-state index < -0.39 is 15.9 Å². The van der Waals surface area contributed by atoms with Crippen LogP contribution in [0.5, 0.6) is 17.2 Å². The molecule has 0 radical (unpaired) electrons. The molecule has 2 aromatic carbocycles. The van der Waals surface area contributed by atoms with Gasteiger partial charge in [0.15, 0.2) is 11.5 Å². The maximum Gasteiger partial charge on any atom is 0.241 e. The normalized spacial score (nSPS) is 12.5. The molecule has 0 spiro atoms. The number of sulfonamides is 1. The third-order valence-electron chi connectivity index (χ3n) is 4.05. The molecule has 150 valence electrons. The number of nitrogens with zero attached hydrogens (tertiary/aromatic N) is 1. The predicted octanol–water partition coefficient (Wildman–Crippen LogP) is 1.90. The number of fused-ring (bicyclic) bond motifs is 1. The Kier molecular flexibility index (Phi) is 5.93. The first-order chi connectivity index (χ1) is 13.4. The first-order valence-corrected chi connectivity index (χ1v) is 10.6. The number of hydrogen-bond donors (Lipinski definition) is 1. The molecule has 1 heterocycles. The summed E-state index contributed by atoms with van der Waals surface area (Å²) in [6, 6.07) is 11.9. The predicted molar refractivity (Wildman–Crippen MR) is 104 cm³/mol. The number of carbonyl (C=O) groups excluding carboxylic acids is 1. The second-order valence-corrected chi connectivity index (χ2v) is 8.07. The van der Waals surface area contributed by atoms with E-state index in [4.69, 9.17) is 14.2 Å². The van der Waals surface area contributed by atoms with E-state index in [1.54, 1.807) is 36.4 Å². The van der Waals surface area contributed by atoms with Gasteiger partial charge in [-0.25, -0.2) is 8.42 Å². The highest BCUT2D eigenvalue weighted by molar-refractivity contribution is 7.92. The Bertz CT molecular complexity index is 943. The molecule has 0 saturated carbocycles. The molecule has 3 rings (SSSR count). The van der Waals surface area contributed by atoms with Crippen molar-refractivity contribution < 1.29 is 27.4 Å². The van der Waals surface area contributed by atoms with E-state index in [0.29, 0.717) is 29.5 Å². The molecule has 1 aliphatic heterocycles. The van der Waals surface area contributed by atoms with Crippen molar-refractivity contribution in [2.45, 2.75) is 13.5 Å².